The molecule has 2 aromatic rings. The van der Waals surface area contributed by atoms with E-state index in [1.807, 2.05) is 0 Å². The smallest absolute Gasteiger partial charge is 0.412 e. The maximum atomic E-state index is 12.2. The summed E-state index contributed by atoms with van der Waals surface area (Å²) in [7, 11) is 3.07. The van der Waals surface area contributed by atoms with Gasteiger partial charge in [0, 0.05) is 29.4 Å². The Kier molecular flexibility index (Phi) is 5.66. The van der Waals surface area contributed by atoms with Gasteiger partial charge in [-0.25, -0.2) is 4.79 Å². The Hall–Kier alpha value is -3.29. The first-order valence-electron chi connectivity index (χ1n) is 7.73. The van der Waals surface area contributed by atoms with Crippen LogP contribution in [0.5, 0.6) is 11.5 Å². The van der Waals surface area contributed by atoms with E-state index in [9.17, 15) is 14.9 Å². The van der Waals surface area contributed by atoms with Gasteiger partial charge in [-0.3, -0.25) is 15.4 Å². The summed E-state index contributed by atoms with van der Waals surface area (Å²) in [5.74, 6) is 1.15. The fourth-order valence-corrected chi connectivity index (χ4v) is 2.26. The largest absolute Gasteiger partial charge is 0.497 e. The van der Waals surface area contributed by atoms with Crippen LogP contribution in [0.25, 0.3) is 0 Å². The molecule has 26 heavy (non-hydrogen) atoms. The van der Waals surface area contributed by atoms with Gasteiger partial charge in [-0.15, -0.1) is 0 Å². The average Bonchev–Trinajstić information content (AvgIpc) is 2.61. The quantitative estimate of drug-likeness (QED) is 0.615. The number of benzene rings is 2. The van der Waals surface area contributed by atoms with Gasteiger partial charge in [0.15, 0.2) is 0 Å². The van der Waals surface area contributed by atoms with Crippen LogP contribution in [0, 0.1) is 10.1 Å². The Bertz CT molecular complexity index is 780. The standard InChI is InChI=1S/C18H20N2O6/c1-18(2,12-9-15(24-3)11-16(10-12)25-4)26-17(21)19-13-5-7-14(8-6-13)20(22)23/h5-11H,1-4H3,(H,19,21). The molecule has 0 aliphatic heterocycles. The number of hydrogen-bond acceptors (Lipinski definition) is 6. The van der Waals surface area contributed by atoms with Crippen LogP contribution in [-0.4, -0.2) is 25.2 Å². The van der Waals surface area contributed by atoms with Crippen molar-refractivity contribution in [3.63, 3.8) is 0 Å². The Morgan fingerprint density at radius 1 is 1.04 bits per heavy atom. The van der Waals surface area contributed by atoms with Gasteiger partial charge in [-0.2, -0.15) is 0 Å². The van der Waals surface area contributed by atoms with Crippen molar-refractivity contribution in [3.05, 3.63) is 58.1 Å². The van der Waals surface area contributed by atoms with Crippen LogP contribution in [0.4, 0.5) is 16.2 Å². The van der Waals surface area contributed by atoms with E-state index in [0.717, 1.165) is 0 Å². The van der Waals surface area contributed by atoms with E-state index < -0.39 is 16.6 Å². The topological polar surface area (TPSA) is 99.9 Å². The molecule has 0 saturated heterocycles. The number of nitrogens with zero attached hydrogens (tertiary/aromatic N) is 1. The average molecular weight is 360 g/mol. The molecule has 0 aromatic heterocycles. The van der Waals surface area contributed by atoms with E-state index in [1.165, 1.54) is 38.5 Å². The fraction of sp³-hybridized carbons (Fsp3) is 0.278. The van der Waals surface area contributed by atoms with Crippen LogP contribution in [0.3, 0.4) is 0 Å². The van der Waals surface area contributed by atoms with Crippen molar-refractivity contribution in [1.29, 1.82) is 0 Å². The van der Waals surface area contributed by atoms with Gasteiger partial charge >= 0.3 is 6.09 Å². The second-order valence-electron chi connectivity index (χ2n) is 5.93. The summed E-state index contributed by atoms with van der Waals surface area (Å²) in [5, 5.41) is 13.2. The molecule has 138 valence electrons. The lowest BCUT2D eigenvalue weighted by molar-refractivity contribution is -0.384. The monoisotopic (exact) mass is 360 g/mol. The van der Waals surface area contributed by atoms with Crippen LogP contribution < -0.4 is 14.8 Å². The zero-order valence-electron chi connectivity index (χ0n) is 14.9. The molecule has 2 aromatic carbocycles. The van der Waals surface area contributed by atoms with E-state index in [2.05, 4.69) is 5.32 Å². The molecule has 0 atom stereocenters. The molecule has 1 N–H and O–H groups in total. The Morgan fingerprint density at radius 2 is 1.58 bits per heavy atom. The number of non-ortho nitro benzene ring substituents is 1. The van der Waals surface area contributed by atoms with Gasteiger partial charge < -0.3 is 14.2 Å². The fourth-order valence-electron chi connectivity index (χ4n) is 2.26. The summed E-state index contributed by atoms with van der Waals surface area (Å²) in [6.45, 7) is 3.47. The first kappa shape index (κ1) is 19.0. The Balaban J connectivity index is 2.12. The van der Waals surface area contributed by atoms with Crippen molar-refractivity contribution in [2.24, 2.45) is 0 Å². The van der Waals surface area contributed by atoms with E-state index in [4.69, 9.17) is 14.2 Å². The number of nitro groups is 1. The number of carbonyl (C=O) groups excluding carboxylic acids is 1. The highest BCUT2D eigenvalue weighted by atomic mass is 16.6. The summed E-state index contributed by atoms with van der Waals surface area (Å²) in [6, 6.07) is 10.7. The van der Waals surface area contributed by atoms with E-state index in [1.54, 1.807) is 32.0 Å². The normalized spacial score (nSPS) is 10.8. The lowest BCUT2D eigenvalue weighted by atomic mass is 9.97. The summed E-state index contributed by atoms with van der Waals surface area (Å²) >= 11 is 0. The third kappa shape index (κ3) is 4.62. The van der Waals surface area contributed by atoms with E-state index in [-0.39, 0.29) is 5.69 Å². The first-order valence-corrected chi connectivity index (χ1v) is 7.73. The minimum atomic E-state index is -0.966. The molecule has 0 spiro atoms. The minimum Gasteiger partial charge on any atom is -0.497 e. The van der Waals surface area contributed by atoms with Crippen LogP contribution in [0.15, 0.2) is 42.5 Å². The van der Waals surface area contributed by atoms with Gasteiger partial charge in [0.2, 0.25) is 0 Å². The van der Waals surface area contributed by atoms with Crippen molar-refractivity contribution in [2.45, 2.75) is 19.4 Å². The number of anilines is 1. The lowest BCUT2D eigenvalue weighted by Crippen LogP contribution is -2.28. The molecule has 0 aliphatic rings. The SMILES string of the molecule is COc1cc(OC)cc(C(C)(C)OC(=O)Nc2ccc([N+](=O)[O-])cc2)c1. The maximum Gasteiger partial charge on any atom is 0.412 e. The third-order valence-electron chi connectivity index (χ3n) is 3.72. The minimum absolute atomic E-state index is 0.0623. The number of rotatable bonds is 6. The molecule has 1 amide bonds. The molecule has 0 unspecified atom stereocenters. The second-order valence-corrected chi connectivity index (χ2v) is 5.93. The predicted molar refractivity (Wildman–Crippen MR) is 95.8 cm³/mol. The first-order chi connectivity index (χ1) is 12.2. The van der Waals surface area contributed by atoms with E-state index in [0.29, 0.717) is 22.7 Å². The van der Waals surface area contributed by atoms with Gasteiger partial charge in [0.05, 0.1) is 19.1 Å². The summed E-state index contributed by atoms with van der Waals surface area (Å²) < 4.78 is 16.0. The van der Waals surface area contributed by atoms with Crippen LogP contribution >= 0.6 is 0 Å². The molecule has 0 heterocycles. The van der Waals surface area contributed by atoms with Crippen molar-refractivity contribution in [3.8, 4) is 11.5 Å². The molecule has 0 aliphatic carbocycles. The third-order valence-corrected chi connectivity index (χ3v) is 3.72. The number of nitrogens with one attached hydrogen (secondary N) is 1. The number of ether oxygens (including phenoxy) is 3. The Morgan fingerprint density at radius 3 is 2.04 bits per heavy atom. The Labute approximate surface area is 150 Å². The molecule has 0 saturated carbocycles. The highest BCUT2D eigenvalue weighted by molar-refractivity contribution is 5.85. The van der Waals surface area contributed by atoms with Crippen LogP contribution in [0.1, 0.15) is 19.4 Å². The van der Waals surface area contributed by atoms with Crippen molar-refractivity contribution >= 4 is 17.5 Å². The molecule has 8 heteroatoms. The summed E-state index contributed by atoms with van der Waals surface area (Å²) in [4.78, 5) is 22.3. The summed E-state index contributed by atoms with van der Waals surface area (Å²) in [6.07, 6.45) is -0.689. The van der Waals surface area contributed by atoms with Gasteiger partial charge in [-0.1, -0.05) is 0 Å². The molecule has 2 rings (SSSR count). The van der Waals surface area contributed by atoms with Gasteiger partial charge in [0.25, 0.3) is 5.69 Å². The number of amides is 1. The zero-order chi connectivity index (χ0) is 19.3. The highest BCUT2D eigenvalue weighted by Gasteiger charge is 2.27. The molecular weight excluding hydrogens is 340 g/mol. The van der Waals surface area contributed by atoms with Crippen molar-refractivity contribution in [2.75, 3.05) is 19.5 Å². The second kappa shape index (κ2) is 7.73. The van der Waals surface area contributed by atoms with Crippen molar-refractivity contribution < 1.29 is 23.9 Å². The molecule has 0 radical (unpaired) electrons. The molecule has 0 bridgehead atoms. The van der Waals surface area contributed by atoms with E-state index >= 15 is 0 Å². The van der Waals surface area contributed by atoms with Gasteiger partial charge in [0.1, 0.15) is 17.1 Å². The van der Waals surface area contributed by atoms with Gasteiger partial charge in [-0.05, 0) is 38.1 Å². The van der Waals surface area contributed by atoms with Crippen LogP contribution in [0.2, 0.25) is 0 Å². The summed E-state index contributed by atoms with van der Waals surface area (Å²) in [5.41, 5.74) is 0.0482. The van der Waals surface area contributed by atoms with Crippen LogP contribution in [-0.2, 0) is 10.3 Å². The number of nitro benzene ring substituents is 1. The van der Waals surface area contributed by atoms with Crippen molar-refractivity contribution in [1.82, 2.24) is 0 Å². The molecule has 0 fully saturated rings. The highest BCUT2D eigenvalue weighted by Crippen LogP contribution is 2.32. The zero-order valence-corrected chi connectivity index (χ0v) is 14.9. The molecule has 8 nitrogen and oxygen atoms in total. The number of methoxy groups -OCH3 is 2. The lowest BCUT2D eigenvalue weighted by Gasteiger charge is -2.26. The molecular formula is C18H20N2O6. The number of carbonyl (C=O) groups is 1. The number of hydrogen-bond donors (Lipinski definition) is 1. The maximum absolute atomic E-state index is 12.2. The predicted octanol–water partition coefficient (Wildman–Crippen LogP) is 4.10.